The van der Waals surface area contributed by atoms with Gasteiger partial charge in [0.25, 0.3) is 0 Å². The van der Waals surface area contributed by atoms with Crippen LogP contribution in [-0.2, 0) is 24.3 Å². The molecule has 172 valence electrons. The molecule has 0 bridgehead atoms. The largest absolute Gasteiger partial charge is 0.507 e. The molecule has 1 fully saturated rings. The van der Waals surface area contributed by atoms with Gasteiger partial charge in [0.1, 0.15) is 22.1 Å². The molecule has 2 aromatic rings. The highest BCUT2D eigenvalue weighted by molar-refractivity contribution is 7.89. The van der Waals surface area contributed by atoms with Crippen LogP contribution in [0.15, 0.2) is 35.2 Å². The van der Waals surface area contributed by atoms with Gasteiger partial charge < -0.3 is 19.9 Å². The molecule has 3 rings (SSSR count). The quantitative estimate of drug-likeness (QED) is 0.406. The van der Waals surface area contributed by atoms with E-state index in [2.05, 4.69) is 14.8 Å². The monoisotopic (exact) mass is 462 g/mol. The van der Waals surface area contributed by atoms with Crippen LogP contribution < -0.4 is 14.8 Å². The van der Waals surface area contributed by atoms with Crippen molar-refractivity contribution >= 4 is 27.6 Å². The molecule has 1 aliphatic rings. The predicted octanol–water partition coefficient (Wildman–Crippen LogP) is 2.99. The van der Waals surface area contributed by atoms with Crippen LogP contribution in [0.5, 0.6) is 17.2 Å². The number of amides is 1. The van der Waals surface area contributed by atoms with Crippen molar-refractivity contribution in [2.75, 3.05) is 18.5 Å². The SMILES string of the molecule is CCOC(=O)C(=O)Nc1cc(C)c(Oc2ccc(O)c(S(=O)(=O)NCC3CC3)c2)c(C)c1. The summed E-state index contributed by atoms with van der Waals surface area (Å²) in [7, 11) is -3.89. The smallest absolute Gasteiger partial charge is 0.397 e. The van der Waals surface area contributed by atoms with Crippen molar-refractivity contribution in [3.63, 3.8) is 0 Å². The van der Waals surface area contributed by atoms with E-state index >= 15 is 0 Å². The van der Waals surface area contributed by atoms with E-state index in [1.54, 1.807) is 32.9 Å². The molecule has 1 saturated carbocycles. The van der Waals surface area contributed by atoms with Crippen LogP contribution >= 0.6 is 0 Å². The van der Waals surface area contributed by atoms with E-state index in [1.807, 2.05) is 0 Å². The van der Waals surface area contributed by atoms with E-state index in [0.29, 0.717) is 35.0 Å². The highest BCUT2D eigenvalue weighted by Gasteiger charge is 2.26. The Bertz CT molecular complexity index is 1120. The molecular formula is C22H26N2O7S. The Balaban J connectivity index is 1.79. The number of hydrogen-bond donors (Lipinski definition) is 3. The average Bonchev–Trinajstić information content (AvgIpc) is 3.55. The molecule has 0 heterocycles. The number of phenols is 1. The lowest BCUT2D eigenvalue weighted by molar-refractivity contribution is -0.152. The first-order chi connectivity index (χ1) is 15.1. The molecular weight excluding hydrogens is 436 g/mol. The second kappa shape index (κ2) is 9.58. The molecule has 1 amide bonds. The van der Waals surface area contributed by atoms with Gasteiger partial charge in [0.05, 0.1) is 6.61 Å². The summed E-state index contributed by atoms with van der Waals surface area (Å²) >= 11 is 0. The van der Waals surface area contributed by atoms with E-state index in [1.165, 1.54) is 18.2 Å². The number of sulfonamides is 1. The third-order valence-corrected chi connectivity index (χ3v) is 6.33. The maximum Gasteiger partial charge on any atom is 0.397 e. The summed E-state index contributed by atoms with van der Waals surface area (Å²) < 4.78 is 38.2. The first kappa shape index (κ1) is 23.6. The first-order valence-corrected chi connectivity index (χ1v) is 11.7. The van der Waals surface area contributed by atoms with E-state index in [-0.39, 0.29) is 23.0 Å². The van der Waals surface area contributed by atoms with Gasteiger partial charge in [0.2, 0.25) is 10.0 Å². The normalized spacial score (nSPS) is 13.5. The fraction of sp³-hybridized carbons (Fsp3) is 0.364. The third-order valence-electron chi connectivity index (χ3n) is 4.88. The van der Waals surface area contributed by atoms with Gasteiger partial charge in [-0.15, -0.1) is 0 Å². The third kappa shape index (κ3) is 5.77. The molecule has 1 aliphatic carbocycles. The molecule has 0 aliphatic heterocycles. The first-order valence-electron chi connectivity index (χ1n) is 10.2. The van der Waals surface area contributed by atoms with Gasteiger partial charge in [-0.3, -0.25) is 4.79 Å². The Morgan fingerprint density at radius 3 is 2.38 bits per heavy atom. The van der Waals surface area contributed by atoms with Crippen molar-refractivity contribution in [3.8, 4) is 17.2 Å². The van der Waals surface area contributed by atoms with Crippen molar-refractivity contribution in [2.45, 2.75) is 38.5 Å². The van der Waals surface area contributed by atoms with Gasteiger partial charge in [-0.1, -0.05) is 0 Å². The Morgan fingerprint density at radius 1 is 1.12 bits per heavy atom. The maximum atomic E-state index is 12.6. The molecule has 0 aromatic heterocycles. The molecule has 0 saturated heterocycles. The number of esters is 1. The van der Waals surface area contributed by atoms with E-state index in [4.69, 9.17) is 4.74 Å². The molecule has 32 heavy (non-hydrogen) atoms. The van der Waals surface area contributed by atoms with Crippen molar-refractivity contribution in [1.82, 2.24) is 4.72 Å². The van der Waals surface area contributed by atoms with Crippen LogP contribution in [0.3, 0.4) is 0 Å². The van der Waals surface area contributed by atoms with Gasteiger partial charge in [-0.2, -0.15) is 0 Å². The number of anilines is 1. The Morgan fingerprint density at radius 2 is 1.78 bits per heavy atom. The summed E-state index contributed by atoms with van der Waals surface area (Å²) in [6.07, 6.45) is 1.99. The Hall–Kier alpha value is -3.11. The van der Waals surface area contributed by atoms with Crippen LogP contribution in [-0.4, -0.2) is 38.6 Å². The lowest BCUT2D eigenvalue weighted by atomic mass is 10.1. The summed E-state index contributed by atoms with van der Waals surface area (Å²) in [5, 5.41) is 12.6. The molecule has 0 atom stereocenters. The molecule has 0 radical (unpaired) electrons. The van der Waals surface area contributed by atoms with Gasteiger partial charge in [-0.05, 0) is 74.9 Å². The van der Waals surface area contributed by atoms with Crippen LogP contribution in [0.2, 0.25) is 0 Å². The number of carbonyl (C=O) groups is 2. The van der Waals surface area contributed by atoms with E-state index in [0.717, 1.165) is 12.8 Å². The zero-order chi connectivity index (χ0) is 23.5. The Labute approximate surface area is 186 Å². The summed E-state index contributed by atoms with van der Waals surface area (Å²) in [6.45, 7) is 5.53. The molecule has 9 nitrogen and oxygen atoms in total. The van der Waals surface area contributed by atoms with Gasteiger partial charge in [0.15, 0.2) is 0 Å². The minimum absolute atomic E-state index is 0.0948. The van der Waals surface area contributed by atoms with Crippen molar-refractivity contribution < 1.29 is 32.6 Å². The van der Waals surface area contributed by atoms with Crippen LogP contribution in [0.4, 0.5) is 5.69 Å². The number of nitrogens with one attached hydrogen (secondary N) is 2. The lowest BCUT2D eigenvalue weighted by Gasteiger charge is -2.15. The standard InChI is InChI=1S/C22H26N2O7S/c1-4-30-22(27)21(26)24-16-9-13(2)20(14(3)10-16)31-17-7-8-18(25)19(11-17)32(28,29)23-12-15-5-6-15/h7-11,15,23,25H,4-6,12H2,1-3H3,(H,24,26). The fourth-order valence-corrected chi connectivity index (χ4v) is 4.31. The number of benzene rings is 2. The number of carbonyl (C=O) groups excluding carboxylic acids is 2. The Kier molecular flexibility index (Phi) is 7.05. The van der Waals surface area contributed by atoms with E-state index < -0.39 is 21.9 Å². The van der Waals surface area contributed by atoms with Crippen LogP contribution in [0.25, 0.3) is 0 Å². The molecule has 0 spiro atoms. The van der Waals surface area contributed by atoms with Gasteiger partial charge >= 0.3 is 11.9 Å². The van der Waals surface area contributed by atoms with Crippen LogP contribution in [0.1, 0.15) is 30.9 Å². The summed E-state index contributed by atoms with van der Waals surface area (Å²) in [5.74, 6) is -1.20. The molecule has 10 heteroatoms. The predicted molar refractivity (Wildman–Crippen MR) is 117 cm³/mol. The number of hydrogen-bond acceptors (Lipinski definition) is 7. The zero-order valence-electron chi connectivity index (χ0n) is 18.1. The molecule has 0 unspecified atom stereocenters. The fourth-order valence-electron chi connectivity index (χ4n) is 3.08. The molecule has 2 aromatic carbocycles. The minimum atomic E-state index is -3.89. The maximum absolute atomic E-state index is 12.6. The number of aryl methyl sites for hydroxylation is 2. The lowest BCUT2D eigenvalue weighted by Crippen LogP contribution is -2.25. The summed E-state index contributed by atoms with van der Waals surface area (Å²) in [4.78, 5) is 23.1. The van der Waals surface area contributed by atoms with Crippen molar-refractivity contribution in [1.29, 1.82) is 0 Å². The highest BCUT2D eigenvalue weighted by Crippen LogP contribution is 2.35. The number of aromatic hydroxyl groups is 1. The summed E-state index contributed by atoms with van der Waals surface area (Å²) in [6, 6.07) is 7.23. The summed E-state index contributed by atoms with van der Waals surface area (Å²) in [5.41, 5.74) is 1.69. The van der Waals surface area contributed by atoms with E-state index in [9.17, 15) is 23.1 Å². The molecule has 3 N–H and O–H groups in total. The van der Waals surface area contributed by atoms with Gasteiger partial charge in [0, 0.05) is 18.3 Å². The van der Waals surface area contributed by atoms with Crippen molar-refractivity contribution in [3.05, 3.63) is 41.5 Å². The number of phenolic OH excluding ortho intramolecular Hbond substituents is 1. The number of ether oxygens (including phenoxy) is 2. The van der Waals surface area contributed by atoms with Crippen molar-refractivity contribution in [2.24, 2.45) is 5.92 Å². The second-order valence-corrected chi connectivity index (χ2v) is 9.38. The minimum Gasteiger partial charge on any atom is -0.507 e. The zero-order valence-corrected chi connectivity index (χ0v) is 18.9. The highest BCUT2D eigenvalue weighted by atomic mass is 32.2. The second-order valence-electron chi connectivity index (χ2n) is 7.64. The topological polar surface area (TPSA) is 131 Å². The van der Waals surface area contributed by atoms with Crippen LogP contribution in [0, 0.1) is 19.8 Å². The van der Waals surface area contributed by atoms with Gasteiger partial charge in [-0.25, -0.2) is 17.9 Å². The number of rotatable bonds is 8. The average molecular weight is 463 g/mol.